The number of carbonyl (C=O) groups is 1. The van der Waals surface area contributed by atoms with Crippen molar-refractivity contribution < 1.29 is 9.90 Å². The zero-order chi connectivity index (χ0) is 15.9. The Labute approximate surface area is 126 Å². The number of benzene rings is 1. The third kappa shape index (κ3) is 2.45. The molecule has 0 bridgehead atoms. The zero-order valence-corrected chi connectivity index (χ0v) is 13.8. The summed E-state index contributed by atoms with van der Waals surface area (Å²) in [4.78, 5) is 11.4. The van der Waals surface area contributed by atoms with E-state index in [0.29, 0.717) is 17.5 Å². The van der Waals surface area contributed by atoms with Crippen molar-refractivity contribution in [3.05, 3.63) is 34.5 Å². The van der Waals surface area contributed by atoms with Crippen LogP contribution in [0.15, 0.2) is 12.1 Å². The van der Waals surface area contributed by atoms with E-state index in [-0.39, 0.29) is 0 Å². The van der Waals surface area contributed by atoms with E-state index in [1.807, 2.05) is 12.1 Å². The van der Waals surface area contributed by atoms with Crippen LogP contribution in [0.1, 0.15) is 73.8 Å². The summed E-state index contributed by atoms with van der Waals surface area (Å²) >= 11 is 0. The predicted molar refractivity (Wildman–Crippen MR) is 87.5 cm³/mol. The van der Waals surface area contributed by atoms with Gasteiger partial charge in [0.15, 0.2) is 0 Å². The van der Waals surface area contributed by atoms with Gasteiger partial charge in [0, 0.05) is 17.1 Å². The first-order valence-corrected chi connectivity index (χ1v) is 7.70. The van der Waals surface area contributed by atoms with Crippen molar-refractivity contribution >= 4 is 16.9 Å². The fourth-order valence-corrected chi connectivity index (χ4v) is 3.32. The molecule has 0 aliphatic carbocycles. The van der Waals surface area contributed by atoms with Crippen molar-refractivity contribution in [2.24, 2.45) is 0 Å². The Bertz CT molecular complexity index is 693. The van der Waals surface area contributed by atoms with Crippen molar-refractivity contribution in [2.75, 3.05) is 0 Å². The monoisotopic (exact) mass is 287 g/mol. The van der Waals surface area contributed by atoms with Crippen LogP contribution in [0.4, 0.5) is 0 Å². The minimum Gasteiger partial charge on any atom is -0.478 e. The highest BCUT2D eigenvalue weighted by Crippen LogP contribution is 2.35. The van der Waals surface area contributed by atoms with Crippen molar-refractivity contribution in [2.45, 2.75) is 59.9 Å². The Hall–Kier alpha value is -1.77. The molecular formula is C18H25NO2. The van der Waals surface area contributed by atoms with Crippen molar-refractivity contribution in [1.82, 2.24) is 4.57 Å². The molecule has 0 unspecified atom stereocenters. The van der Waals surface area contributed by atoms with Gasteiger partial charge < -0.3 is 9.67 Å². The van der Waals surface area contributed by atoms with Crippen LogP contribution in [0.2, 0.25) is 0 Å². The molecule has 0 radical (unpaired) electrons. The molecule has 0 atom stereocenters. The average Bonchev–Trinajstić information content (AvgIpc) is 2.68. The van der Waals surface area contributed by atoms with Crippen molar-refractivity contribution in [1.29, 1.82) is 0 Å². The van der Waals surface area contributed by atoms with E-state index in [1.54, 1.807) is 0 Å². The summed E-state index contributed by atoms with van der Waals surface area (Å²) in [5.74, 6) is -0.556. The number of aromatic carboxylic acids is 1. The normalized spacial score (nSPS) is 11.8. The lowest BCUT2D eigenvalue weighted by atomic mass is 9.95. The van der Waals surface area contributed by atoms with Crippen LogP contribution < -0.4 is 0 Å². The van der Waals surface area contributed by atoms with Crippen LogP contribution in [0.25, 0.3) is 10.9 Å². The second-order valence-corrected chi connectivity index (χ2v) is 6.30. The summed E-state index contributed by atoms with van der Waals surface area (Å²) in [5.41, 5.74) is 5.25. The molecule has 0 amide bonds. The molecule has 3 nitrogen and oxygen atoms in total. The Kier molecular flexibility index (Phi) is 4.13. The molecule has 1 N–H and O–H groups in total. The SMILES string of the molecule is CCc1c(C)n(C(C)C)c2c(C(C)C)cc(C(=O)O)cc12. The first-order valence-electron chi connectivity index (χ1n) is 7.70. The van der Waals surface area contributed by atoms with Gasteiger partial charge in [-0.3, -0.25) is 0 Å². The average molecular weight is 287 g/mol. The van der Waals surface area contributed by atoms with Crippen LogP contribution in [0.3, 0.4) is 0 Å². The van der Waals surface area contributed by atoms with Gasteiger partial charge in [-0.2, -0.15) is 0 Å². The molecule has 2 aromatic rings. The summed E-state index contributed by atoms with van der Waals surface area (Å²) < 4.78 is 2.36. The highest BCUT2D eigenvalue weighted by molar-refractivity contribution is 5.97. The maximum Gasteiger partial charge on any atom is 0.335 e. The van der Waals surface area contributed by atoms with Gasteiger partial charge in [-0.05, 0) is 56.4 Å². The number of aryl methyl sites for hydroxylation is 1. The van der Waals surface area contributed by atoms with Crippen molar-refractivity contribution in [3.63, 3.8) is 0 Å². The number of carboxylic acid groups (broad SMARTS) is 1. The quantitative estimate of drug-likeness (QED) is 0.867. The Morgan fingerprint density at radius 2 is 1.86 bits per heavy atom. The van der Waals surface area contributed by atoms with Gasteiger partial charge >= 0.3 is 5.97 Å². The molecule has 0 aliphatic rings. The third-order valence-corrected chi connectivity index (χ3v) is 4.24. The van der Waals surface area contributed by atoms with E-state index in [2.05, 4.69) is 46.1 Å². The molecule has 0 spiro atoms. The number of hydrogen-bond acceptors (Lipinski definition) is 1. The summed E-state index contributed by atoms with van der Waals surface area (Å²) in [6.45, 7) is 12.9. The van der Waals surface area contributed by atoms with E-state index >= 15 is 0 Å². The minimum atomic E-state index is -0.851. The first kappa shape index (κ1) is 15.6. The van der Waals surface area contributed by atoms with Crippen molar-refractivity contribution in [3.8, 4) is 0 Å². The summed E-state index contributed by atoms with van der Waals surface area (Å²) in [6.07, 6.45) is 0.919. The maximum absolute atomic E-state index is 11.4. The van der Waals surface area contributed by atoms with E-state index in [4.69, 9.17) is 0 Å². The maximum atomic E-state index is 11.4. The number of rotatable bonds is 4. The Morgan fingerprint density at radius 1 is 1.24 bits per heavy atom. The van der Waals surface area contributed by atoms with E-state index in [1.165, 1.54) is 16.8 Å². The number of carboxylic acids is 1. The van der Waals surface area contributed by atoms with Gasteiger partial charge in [0.1, 0.15) is 0 Å². The number of nitrogens with zero attached hydrogens (tertiary/aromatic N) is 1. The molecule has 0 saturated carbocycles. The number of hydrogen-bond donors (Lipinski definition) is 1. The lowest BCUT2D eigenvalue weighted by Crippen LogP contribution is -2.06. The Morgan fingerprint density at radius 3 is 2.29 bits per heavy atom. The van der Waals surface area contributed by atoms with Gasteiger partial charge in [0.25, 0.3) is 0 Å². The third-order valence-electron chi connectivity index (χ3n) is 4.24. The molecule has 1 aromatic heterocycles. The van der Waals surface area contributed by atoms with Crippen LogP contribution >= 0.6 is 0 Å². The molecule has 3 heteroatoms. The molecule has 21 heavy (non-hydrogen) atoms. The molecule has 114 valence electrons. The molecule has 1 heterocycles. The molecule has 0 saturated heterocycles. The van der Waals surface area contributed by atoms with Gasteiger partial charge in [-0.15, -0.1) is 0 Å². The van der Waals surface area contributed by atoms with E-state index in [9.17, 15) is 9.90 Å². The topological polar surface area (TPSA) is 42.2 Å². The second-order valence-electron chi connectivity index (χ2n) is 6.30. The van der Waals surface area contributed by atoms with Crippen LogP contribution in [0.5, 0.6) is 0 Å². The van der Waals surface area contributed by atoms with Crippen LogP contribution in [-0.4, -0.2) is 15.6 Å². The molecule has 0 fully saturated rings. The largest absolute Gasteiger partial charge is 0.478 e. The number of fused-ring (bicyclic) bond motifs is 1. The zero-order valence-electron chi connectivity index (χ0n) is 13.8. The van der Waals surface area contributed by atoms with Gasteiger partial charge in [0.2, 0.25) is 0 Å². The highest BCUT2D eigenvalue weighted by atomic mass is 16.4. The molecule has 1 aromatic carbocycles. The van der Waals surface area contributed by atoms with Gasteiger partial charge in [-0.25, -0.2) is 4.79 Å². The van der Waals surface area contributed by atoms with E-state index < -0.39 is 5.97 Å². The van der Waals surface area contributed by atoms with Crippen LogP contribution in [-0.2, 0) is 6.42 Å². The summed E-state index contributed by atoms with van der Waals surface area (Å²) in [6, 6.07) is 4.04. The smallest absolute Gasteiger partial charge is 0.335 e. The highest BCUT2D eigenvalue weighted by Gasteiger charge is 2.21. The summed E-state index contributed by atoms with van der Waals surface area (Å²) in [5, 5.41) is 10.5. The van der Waals surface area contributed by atoms with Gasteiger partial charge in [-0.1, -0.05) is 20.8 Å². The standard InChI is InChI=1S/C18H25NO2/c1-7-14-12(6)19(11(4)5)17-15(10(2)3)8-13(18(20)21)9-16(14)17/h8-11H,7H2,1-6H3,(H,20,21). The predicted octanol–water partition coefficient (Wildman–Crippen LogP) is 4.91. The molecule has 0 aliphatic heterocycles. The number of aromatic nitrogens is 1. The second kappa shape index (κ2) is 5.55. The first-order chi connectivity index (χ1) is 9.79. The lowest BCUT2D eigenvalue weighted by molar-refractivity contribution is 0.0697. The minimum absolute atomic E-state index is 0.295. The van der Waals surface area contributed by atoms with Crippen LogP contribution in [0, 0.1) is 6.92 Å². The fraction of sp³-hybridized carbons (Fsp3) is 0.500. The summed E-state index contributed by atoms with van der Waals surface area (Å²) in [7, 11) is 0. The lowest BCUT2D eigenvalue weighted by Gasteiger charge is -2.17. The van der Waals surface area contributed by atoms with Gasteiger partial charge in [0.05, 0.1) is 11.1 Å². The van der Waals surface area contributed by atoms with E-state index in [0.717, 1.165) is 17.4 Å². The molecule has 2 rings (SSSR count). The molecular weight excluding hydrogens is 262 g/mol. The Balaban J connectivity index is 3.00. The fourth-order valence-electron chi connectivity index (χ4n) is 3.32.